The molecule has 0 saturated heterocycles. The zero-order chi connectivity index (χ0) is 13.1. The van der Waals surface area contributed by atoms with E-state index in [1.165, 1.54) is 17.8 Å². The topological polar surface area (TPSA) is 26.0 Å². The molecule has 2 aromatic carbocycles. The third-order valence-corrected chi connectivity index (χ3v) is 3.83. The van der Waals surface area contributed by atoms with Crippen LogP contribution in [0.25, 0.3) is 0 Å². The highest BCUT2D eigenvalue weighted by molar-refractivity contribution is 7.99. The Morgan fingerprint density at radius 2 is 1.83 bits per heavy atom. The Hall–Kier alpha value is -1.03. The molecule has 0 saturated carbocycles. The normalized spacial score (nSPS) is 12.4. The van der Waals surface area contributed by atoms with E-state index in [2.05, 4.69) is 0 Å². The molecule has 0 spiro atoms. The lowest BCUT2D eigenvalue weighted by Gasteiger charge is -2.08. The highest BCUT2D eigenvalue weighted by atomic mass is 35.5. The van der Waals surface area contributed by atoms with Gasteiger partial charge < -0.3 is 5.73 Å². The minimum Gasteiger partial charge on any atom is -0.324 e. The lowest BCUT2D eigenvalue weighted by molar-refractivity contribution is 0.596. The average molecular weight is 282 g/mol. The number of halogens is 2. The van der Waals surface area contributed by atoms with Crippen LogP contribution in [0.2, 0.25) is 5.02 Å². The molecule has 1 atom stereocenters. The molecule has 2 N–H and O–H groups in total. The molecule has 4 heteroatoms. The first-order chi connectivity index (χ1) is 8.56. The van der Waals surface area contributed by atoms with E-state index < -0.39 is 0 Å². The fourth-order valence-corrected chi connectivity index (χ4v) is 2.46. The fraction of sp³-hybridized carbons (Fsp3) is 0.143. The standard InChI is InChI=1S/C14H13ClFNS/c1-9(17)10-2-7-14(13(16)8-10)18-12-5-3-11(15)4-6-12/h2-9H,17H2,1H3/t9-/m1/s1. The Morgan fingerprint density at radius 3 is 2.39 bits per heavy atom. The fourth-order valence-electron chi connectivity index (χ4n) is 1.51. The lowest BCUT2D eigenvalue weighted by atomic mass is 10.1. The monoisotopic (exact) mass is 281 g/mol. The van der Waals surface area contributed by atoms with Crippen LogP contribution in [0.1, 0.15) is 18.5 Å². The second-order valence-corrected chi connectivity index (χ2v) is 5.59. The number of rotatable bonds is 3. The van der Waals surface area contributed by atoms with E-state index in [1.807, 2.05) is 25.1 Å². The van der Waals surface area contributed by atoms with Gasteiger partial charge >= 0.3 is 0 Å². The van der Waals surface area contributed by atoms with Crippen molar-refractivity contribution in [2.45, 2.75) is 22.8 Å². The maximum absolute atomic E-state index is 13.9. The number of benzene rings is 2. The van der Waals surface area contributed by atoms with Crippen molar-refractivity contribution < 1.29 is 4.39 Å². The predicted octanol–water partition coefficient (Wildman–Crippen LogP) is 4.65. The third-order valence-electron chi connectivity index (χ3n) is 2.52. The summed E-state index contributed by atoms with van der Waals surface area (Å²) >= 11 is 7.17. The van der Waals surface area contributed by atoms with Crippen molar-refractivity contribution in [2.24, 2.45) is 5.73 Å². The third kappa shape index (κ3) is 3.25. The van der Waals surface area contributed by atoms with Gasteiger partial charge in [0, 0.05) is 20.9 Å². The summed E-state index contributed by atoms with van der Waals surface area (Å²) in [6, 6.07) is 12.3. The highest BCUT2D eigenvalue weighted by Crippen LogP contribution is 2.31. The predicted molar refractivity (Wildman–Crippen MR) is 74.6 cm³/mol. The van der Waals surface area contributed by atoms with Crippen LogP contribution in [0.3, 0.4) is 0 Å². The average Bonchev–Trinajstić information content (AvgIpc) is 2.34. The van der Waals surface area contributed by atoms with E-state index in [0.29, 0.717) is 9.92 Å². The molecule has 0 aromatic heterocycles. The maximum Gasteiger partial charge on any atom is 0.137 e. The van der Waals surface area contributed by atoms with Crippen molar-refractivity contribution in [1.82, 2.24) is 0 Å². The molecule has 18 heavy (non-hydrogen) atoms. The lowest BCUT2D eigenvalue weighted by Crippen LogP contribution is -2.05. The SMILES string of the molecule is C[C@@H](N)c1ccc(Sc2ccc(Cl)cc2)c(F)c1. The van der Waals surface area contributed by atoms with E-state index in [-0.39, 0.29) is 11.9 Å². The molecule has 94 valence electrons. The Balaban J connectivity index is 2.22. The van der Waals surface area contributed by atoms with Crippen LogP contribution < -0.4 is 5.73 Å². The van der Waals surface area contributed by atoms with Gasteiger partial charge in [-0.2, -0.15) is 0 Å². The smallest absolute Gasteiger partial charge is 0.137 e. The van der Waals surface area contributed by atoms with Gasteiger partial charge in [-0.1, -0.05) is 29.4 Å². The van der Waals surface area contributed by atoms with Crippen molar-refractivity contribution in [2.75, 3.05) is 0 Å². The second-order valence-electron chi connectivity index (χ2n) is 4.03. The van der Waals surface area contributed by atoms with E-state index in [9.17, 15) is 4.39 Å². The molecule has 0 aliphatic heterocycles. The summed E-state index contributed by atoms with van der Waals surface area (Å²) in [7, 11) is 0. The van der Waals surface area contributed by atoms with Gasteiger partial charge in [-0.05, 0) is 48.9 Å². The van der Waals surface area contributed by atoms with Crippen LogP contribution in [0.4, 0.5) is 4.39 Å². The minimum absolute atomic E-state index is 0.158. The quantitative estimate of drug-likeness (QED) is 0.886. The number of hydrogen-bond acceptors (Lipinski definition) is 2. The Labute approximate surface area is 115 Å². The van der Waals surface area contributed by atoms with Gasteiger partial charge in [0.2, 0.25) is 0 Å². The van der Waals surface area contributed by atoms with Crippen LogP contribution in [0, 0.1) is 5.82 Å². The van der Waals surface area contributed by atoms with Crippen molar-refractivity contribution in [3.8, 4) is 0 Å². The summed E-state index contributed by atoms with van der Waals surface area (Å²) in [5, 5.41) is 0.673. The highest BCUT2D eigenvalue weighted by Gasteiger charge is 2.07. The first-order valence-electron chi connectivity index (χ1n) is 5.54. The minimum atomic E-state index is -0.246. The molecule has 2 rings (SSSR count). The van der Waals surface area contributed by atoms with Crippen LogP contribution >= 0.6 is 23.4 Å². The van der Waals surface area contributed by atoms with E-state index in [4.69, 9.17) is 17.3 Å². The number of nitrogens with two attached hydrogens (primary N) is 1. The Bertz CT molecular complexity index is 540. The van der Waals surface area contributed by atoms with Gasteiger partial charge in [-0.3, -0.25) is 0 Å². The van der Waals surface area contributed by atoms with Gasteiger partial charge in [-0.15, -0.1) is 0 Å². The molecule has 1 nitrogen and oxygen atoms in total. The molecular formula is C14H13ClFNS. The summed E-state index contributed by atoms with van der Waals surface area (Å²) in [4.78, 5) is 1.54. The molecule has 0 bridgehead atoms. The Morgan fingerprint density at radius 1 is 1.17 bits per heavy atom. The van der Waals surface area contributed by atoms with Gasteiger partial charge in [0.05, 0.1) is 0 Å². The molecular weight excluding hydrogens is 269 g/mol. The van der Waals surface area contributed by atoms with Crippen molar-refractivity contribution in [3.63, 3.8) is 0 Å². The first kappa shape index (κ1) is 13.4. The molecule has 0 aliphatic carbocycles. The zero-order valence-electron chi connectivity index (χ0n) is 9.86. The molecule has 2 aromatic rings. The van der Waals surface area contributed by atoms with Gasteiger partial charge in [0.25, 0.3) is 0 Å². The summed E-state index contributed by atoms with van der Waals surface area (Å²) in [6.07, 6.45) is 0. The van der Waals surface area contributed by atoms with E-state index >= 15 is 0 Å². The maximum atomic E-state index is 13.9. The number of hydrogen-bond donors (Lipinski definition) is 1. The Kier molecular flexibility index (Phi) is 4.27. The summed E-state index contributed by atoms with van der Waals surface area (Å²) in [6.45, 7) is 1.83. The van der Waals surface area contributed by atoms with E-state index in [1.54, 1.807) is 18.2 Å². The summed E-state index contributed by atoms with van der Waals surface area (Å²) < 4.78 is 13.9. The van der Waals surface area contributed by atoms with Crippen LogP contribution in [-0.4, -0.2) is 0 Å². The molecule has 0 radical (unpaired) electrons. The van der Waals surface area contributed by atoms with Crippen molar-refractivity contribution in [3.05, 3.63) is 58.9 Å². The molecule has 0 fully saturated rings. The van der Waals surface area contributed by atoms with Crippen molar-refractivity contribution in [1.29, 1.82) is 0 Å². The van der Waals surface area contributed by atoms with Crippen molar-refractivity contribution >= 4 is 23.4 Å². The molecule has 0 amide bonds. The zero-order valence-corrected chi connectivity index (χ0v) is 11.4. The van der Waals surface area contributed by atoms with Gasteiger partial charge in [0.1, 0.15) is 5.82 Å². The summed E-state index contributed by atoms with van der Waals surface area (Å²) in [5.74, 6) is -0.246. The first-order valence-corrected chi connectivity index (χ1v) is 6.74. The second kappa shape index (κ2) is 5.74. The largest absolute Gasteiger partial charge is 0.324 e. The van der Waals surface area contributed by atoms with Crippen LogP contribution in [-0.2, 0) is 0 Å². The van der Waals surface area contributed by atoms with Gasteiger partial charge in [-0.25, -0.2) is 4.39 Å². The molecule has 0 unspecified atom stereocenters. The van der Waals surface area contributed by atoms with Crippen LogP contribution in [0.15, 0.2) is 52.3 Å². The molecule has 0 heterocycles. The van der Waals surface area contributed by atoms with Gasteiger partial charge in [0.15, 0.2) is 0 Å². The van der Waals surface area contributed by atoms with E-state index in [0.717, 1.165) is 10.5 Å². The summed E-state index contributed by atoms with van der Waals surface area (Å²) in [5.41, 5.74) is 6.51. The van der Waals surface area contributed by atoms with Crippen LogP contribution in [0.5, 0.6) is 0 Å². The molecule has 0 aliphatic rings.